The molecule has 0 fully saturated rings. The maximum absolute atomic E-state index is 2.46. The Morgan fingerprint density at radius 1 is 0.255 bits per heavy atom. The minimum absolute atomic E-state index is 1.10. The Morgan fingerprint density at radius 2 is 0.647 bits per heavy atom. The molecule has 0 saturated heterocycles. The average molecular weight is 650 g/mol. The van der Waals surface area contributed by atoms with Gasteiger partial charge in [0.1, 0.15) is 0 Å². The summed E-state index contributed by atoms with van der Waals surface area (Å²) in [4.78, 5) is 2.46. The fraction of sp³-hybridized carbons (Fsp3) is 0. The minimum atomic E-state index is 1.10. The van der Waals surface area contributed by atoms with Crippen LogP contribution in [0.2, 0.25) is 0 Å². The Balaban J connectivity index is 1.37. The Bertz CT molecular complexity index is 2560. The van der Waals surface area contributed by atoms with Gasteiger partial charge in [-0.15, -0.1) is 0 Å². The van der Waals surface area contributed by atoms with Crippen molar-refractivity contribution in [1.82, 2.24) is 0 Å². The van der Waals surface area contributed by atoms with Crippen LogP contribution in [-0.4, -0.2) is 0 Å². The smallest absolute Gasteiger partial charge is 0.0540 e. The molecule has 0 unspecified atom stereocenters. The Labute approximate surface area is 299 Å². The van der Waals surface area contributed by atoms with Crippen molar-refractivity contribution in [2.45, 2.75) is 0 Å². The Hall–Kier alpha value is -6.70. The molecule has 0 aliphatic heterocycles. The third kappa shape index (κ3) is 5.96. The quantitative estimate of drug-likeness (QED) is 0.166. The van der Waals surface area contributed by atoms with Gasteiger partial charge in [0.05, 0.1) is 5.69 Å². The molecule has 0 N–H and O–H groups in total. The lowest BCUT2D eigenvalue weighted by Gasteiger charge is -2.29. The highest BCUT2D eigenvalue weighted by Gasteiger charge is 2.20. The molecule has 0 atom stereocenters. The van der Waals surface area contributed by atoms with E-state index >= 15 is 0 Å². The highest BCUT2D eigenvalue weighted by molar-refractivity contribution is 6.02. The van der Waals surface area contributed by atoms with Crippen molar-refractivity contribution in [3.05, 3.63) is 212 Å². The van der Waals surface area contributed by atoms with E-state index in [1.807, 2.05) is 0 Å². The summed E-state index contributed by atoms with van der Waals surface area (Å²) in [5, 5.41) is 4.88. The lowest BCUT2D eigenvalue weighted by Crippen LogP contribution is -2.11. The zero-order valence-corrected chi connectivity index (χ0v) is 28.2. The Morgan fingerprint density at radius 3 is 1.20 bits per heavy atom. The fourth-order valence-corrected chi connectivity index (χ4v) is 7.34. The molecule has 0 heterocycles. The van der Waals surface area contributed by atoms with Gasteiger partial charge in [0.2, 0.25) is 0 Å². The van der Waals surface area contributed by atoms with Crippen LogP contribution in [0.3, 0.4) is 0 Å². The summed E-state index contributed by atoms with van der Waals surface area (Å²) in [5.41, 5.74) is 12.8. The maximum atomic E-state index is 2.46. The van der Waals surface area contributed by atoms with E-state index in [0.29, 0.717) is 0 Å². The van der Waals surface area contributed by atoms with E-state index < -0.39 is 0 Å². The summed E-state index contributed by atoms with van der Waals surface area (Å²) in [6.45, 7) is 0. The number of benzene rings is 9. The number of rotatable bonds is 7. The standard InChI is InChI=1S/C50H35N/c1-4-16-36(17-5-1)41-30-42(37-18-6-2-7-19-37)33-45(32-41)51(50-29-15-25-40-23-11-13-27-49(40)50)46-34-43(38-20-8-3-9-21-38)31-44(35-46)48-28-14-24-39-22-10-12-26-47(39)48/h1-35H. The first-order valence-corrected chi connectivity index (χ1v) is 17.5. The second kappa shape index (κ2) is 13.3. The molecule has 0 bridgehead atoms. The molecule has 1 heteroatoms. The van der Waals surface area contributed by atoms with Gasteiger partial charge in [0.15, 0.2) is 0 Å². The van der Waals surface area contributed by atoms with Crippen LogP contribution in [-0.2, 0) is 0 Å². The third-order valence-corrected chi connectivity index (χ3v) is 9.78. The fourth-order valence-electron chi connectivity index (χ4n) is 7.34. The predicted octanol–water partition coefficient (Wildman–Crippen LogP) is 14.1. The second-order valence-electron chi connectivity index (χ2n) is 13.0. The second-order valence-corrected chi connectivity index (χ2v) is 13.0. The van der Waals surface area contributed by atoms with Crippen molar-refractivity contribution < 1.29 is 0 Å². The van der Waals surface area contributed by atoms with Crippen molar-refractivity contribution in [3.8, 4) is 44.5 Å². The van der Waals surface area contributed by atoms with E-state index in [0.717, 1.165) is 17.1 Å². The van der Waals surface area contributed by atoms with Crippen molar-refractivity contribution in [3.63, 3.8) is 0 Å². The first kappa shape index (κ1) is 30.4. The predicted molar refractivity (Wildman–Crippen MR) is 218 cm³/mol. The molecule has 0 aliphatic carbocycles. The number of hydrogen-bond donors (Lipinski definition) is 0. The van der Waals surface area contributed by atoms with Crippen LogP contribution in [0.15, 0.2) is 212 Å². The van der Waals surface area contributed by atoms with Gasteiger partial charge < -0.3 is 4.90 Å². The summed E-state index contributed by atoms with van der Waals surface area (Å²) in [5.74, 6) is 0. The molecule has 0 amide bonds. The van der Waals surface area contributed by atoms with Gasteiger partial charge >= 0.3 is 0 Å². The summed E-state index contributed by atoms with van der Waals surface area (Å²) >= 11 is 0. The molecule has 1 nitrogen and oxygen atoms in total. The van der Waals surface area contributed by atoms with E-state index in [9.17, 15) is 0 Å². The maximum Gasteiger partial charge on any atom is 0.0540 e. The van der Waals surface area contributed by atoms with Gasteiger partial charge in [-0.1, -0.05) is 170 Å². The van der Waals surface area contributed by atoms with Gasteiger partial charge in [0, 0.05) is 16.8 Å². The van der Waals surface area contributed by atoms with E-state index in [2.05, 4.69) is 217 Å². The summed E-state index contributed by atoms with van der Waals surface area (Å²) in [6.07, 6.45) is 0. The zero-order valence-electron chi connectivity index (χ0n) is 28.2. The minimum Gasteiger partial charge on any atom is -0.310 e. The summed E-state index contributed by atoms with van der Waals surface area (Å²) < 4.78 is 0. The van der Waals surface area contributed by atoms with Crippen molar-refractivity contribution in [1.29, 1.82) is 0 Å². The number of nitrogens with zero attached hydrogens (tertiary/aromatic N) is 1. The lowest BCUT2D eigenvalue weighted by molar-refractivity contribution is 1.30. The Kier molecular flexibility index (Phi) is 7.92. The van der Waals surface area contributed by atoms with Crippen LogP contribution in [0.25, 0.3) is 66.1 Å². The molecular formula is C50H35N. The number of hydrogen-bond acceptors (Lipinski definition) is 1. The zero-order chi connectivity index (χ0) is 34.0. The van der Waals surface area contributed by atoms with Crippen LogP contribution < -0.4 is 4.90 Å². The number of anilines is 3. The van der Waals surface area contributed by atoms with E-state index in [1.54, 1.807) is 0 Å². The molecule has 240 valence electrons. The molecular weight excluding hydrogens is 615 g/mol. The average Bonchev–Trinajstić information content (AvgIpc) is 3.21. The van der Waals surface area contributed by atoms with E-state index in [1.165, 1.54) is 66.1 Å². The van der Waals surface area contributed by atoms with Crippen LogP contribution in [0.1, 0.15) is 0 Å². The molecule has 9 aromatic rings. The largest absolute Gasteiger partial charge is 0.310 e. The van der Waals surface area contributed by atoms with Crippen LogP contribution >= 0.6 is 0 Å². The normalized spacial score (nSPS) is 11.1. The summed E-state index contributed by atoms with van der Waals surface area (Å²) in [6, 6.07) is 76.9. The van der Waals surface area contributed by atoms with Crippen molar-refractivity contribution in [2.24, 2.45) is 0 Å². The highest BCUT2D eigenvalue weighted by Crippen LogP contribution is 2.45. The molecule has 9 rings (SSSR count). The molecule has 51 heavy (non-hydrogen) atoms. The van der Waals surface area contributed by atoms with E-state index in [4.69, 9.17) is 0 Å². The molecule has 0 saturated carbocycles. The van der Waals surface area contributed by atoms with Crippen molar-refractivity contribution in [2.75, 3.05) is 4.90 Å². The highest BCUT2D eigenvalue weighted by atomic mass is 15.1. The van der Waals surface area contributed by atoms with Crippen LogP contribution in [0.5, 0.6) is 0 Å². The van der Waals surface area contributed by atoms with Gasteiger partial charge in [-0.3, -0.25) is 0 Å². The van der Waals surface area contributed by atoms with Crippen LogP contribution in [0.4, 0.5) is 17.1 Å². The van der Waals surface area contributed by atoms with Crippen molar-refractivity contribution >= 4 is 38.6 Å². The lowest BCUT2D eigenvalue weighted by atomic mass is 9.93. The van der Waals surface area contributed by atoms with E-state index in [-0.39, 0.29) is 0 Å². The third-order valence-electron chi connectivity index (χ3n) is 9.78. The van der Waals surface area contributed by atoms with Crippen LogP contribution in [0, 0.1) is 0 Å². The first-order chi connectivity index (χ1) is 25.3. The summed E-state index contributed by atoms with van der Waals surface area (Å²) in [7, 11) is 0. The molecule has 0 aromatic heterocycles. The van der Waals surface area contributed by atoms with Gasteiger partial charge in [0.25, 0.3) is 0 Å². The first-order valence-electron chi connectivity index (χ1n) is 17.5. The van der Waals surface area contributed by atoms with Gasteiger partial charge in [-0.05, 0) is 103 Å². The van der Waals surface area contributed by atoms with Gasteiger partial charge in [-0.25, -0.2) is 0 Å². The molecule has 0 spiro atoms. The monoisotopic (exact) mass is 649 g/mol. The molecule has 0 aliphatic rings. The topological polar surface area (TPSA) is 3.24 Å². The molecule has 0 radical (unpaired) electrons. The SMILES string of the molecule is c1ccc(-c2cc(-c3ccccc3)cc(N(c3cc(-c4ccccc4)cc(-c4cccc5ccccc45)c3)c3cccc4ccccc34)c2)cc1. The number of fused-ring (bicyclic) bond motifs is 2. The van der Waals surface area contributed by atoms with Gasteiger partial charge in [-0.2, -0.15) is 0 Å². The molecule has 9 aromatic carbocycles.